The highest BCUT2D eigenvalue weighted by molar-refractivity contribution is 5.85. The molecule has 1 aliphatic heterocycles. The van der Waals surface area contributed by atoms with E-state index in [0.29, 0.717) is 0 Å². The molecular formula is C7H13ClN2. The van der Waals surface area contributed by atoms with Crippen LogP contribution in [0.25, 0.3) is 0 Å². The molecule has 0 spiro atoms. The number of allylic oxidation sites excluding steroid dienone is 1. The van der Waals surface area contributed by atoms with Crippen LogP contribution in [0, 0.1) is 5.92 Å². The molecule has 1 atom stereocenters. The molecule has 2 aliphatic rings. The summed E-state index contributed by atoms with van der Waals surface area (Å²) in [4.78, 5) is 0. The van der Waals surface area contributed by atoms with Crippen molar-refractivity contribution in [1.82, 2.24) is 5.01 Å². The Hall–Kier alpha value is -0.0500. The zero-order valence-electron chi connectivity index (χ0n) is 5.92. The molecule has 2 N–H and O–H groups in total. The number of rotatable bonds is 0. The monoisotopic (exact) mass is 160 g/mol. The van der Waals surface area contributed by atoms with Gasteiger partial charge in [-0.15, -0.1) is 12.4 Å². The second-order valence-corrected chi connectivity index (χ2v) is 2.98. The molecule has 1 aliphatic carbocycles. The molecule has 2 nitrogen and oxygen atoms in total. The Morgan fingerprint density at radius 3 is 3.10 bits per heavy atom. The van der Waals surface area contributed by atoms with Gasteiger partial charge in [0, 0.05) is 13.1 Å². The van der Waals surface area contributed by atoms with E-state index in [1.807, 2.05) is 5.01 Å². The van der Waals surface area contributed by atoms with Crippen LogP contribution in [0.15, 0.2) is 11.6 Å². The van der Waals surface area contributed by atoms with E-state index in [9.17, 15) is 0 Å². The lowest BCUT2D eigenvalue weighted by Gasteiger charge is -2.05. The summed E-state index contributed by atoms with van der Waals surface area (Å²) in [5, 5.41) is 1.91. The van der Waals surface area contributed by atoms with E-state index in [-0.39, 0.29) is 12.4 Å². The van der Waals surface area contributed by atoms with Crippen LogP contribution in [0.3, 0.4) is 0 Å². The number of halogens is 1. The maximum Gasteiger partial charge on any atom is 0.0342 e. The van der Waals surface area contributed by atoms with Crippen molar-refractivity contribution in [1.29, 1.82) is 0 Å². The van der Waals surface area contributed by atoms with Crippen molar-refractivity contribution in [2.75, 3.05) is 13.1 Å². The van der Waals surface area contributed by atoms with Crippen LogP contribution < -0.4 is 5.84 Å². The minimum absolute atomic E-state index is 0. The van der Waals surface area contributed by atoms with Crippen molar-refractivity contribution in [2.45, 2.75) is 12.8 Å². The first kappa shape index (κ1) is 8.05. The van der Waals surface area contributed by atoms with E-state index in [4.69, 9.17) is 5.84 Å². The highest BCUT2D eigenvalue weighted by Crippen LogP contribution is 2.30. The van der Waals surface area contributed by atoms with Crippen molar-refractivity contribution < 1.29 is 0 Å². The van der Waals surface area contributed by atoms with E-state index in [1.54, 1.807) is 5.57 Å². The van der Waals surface area contributed by atoms with Gasteiger partial charge in [-0.3, -0.25) is 5.84 Å². The first-order valence-corrected chi connectivity index (χ1v) is 3.55. The molecule has 1 saturated heterocycles. The Balaban J connectivity index is 0.000000500. The van der Waals surface area contributed by atoms with Gasteiger partial charge in [0.25, 0.3) is 0 Å². The van der Waals surface area contributed by atoms with Crippen molar-refractivity contribution in [3.05, 3.63) is 11.6 Å². The van der Waals surface area contributed by atoms with E-state index in [2.05, 4.69) is 6.08 Å². The Morgan fingerprint density at radius 1 is 1.60 bits per heavy atom. The lowest BCUT2D eigenvalue weighted by atomic mass is 10.1. The molecule has 0 aromatic rings. The second-order valence-electron chi connectivity index (χ2n) is 2.98. The number of hydrazine groups is 1. The number of nitrogens with two attached hydrogens (primary N) is 1. The summed E-state index contributed by atoms with van der Waals surface area (Å²) in [6.45, 7) is 2.11. The third-order valence-electron chi connectivity index (χ3n) is 2.29. The number of nitrogens with zero attached hydrogens (tertiary/aromatic N) is 1. The van der Waals surface area contributed by atoms with Gasteiger partial charge in [-0.2, -0.15) is 0 Å². The third-order valence-corrected chi connectivity index (χ3v) is 2.29. The predicted octanol–water partition coefficient (Wildman–Crippen LogP) is 0.934. The predicted molar refractivity (Wildman–Crippen MR) is 43.8 cm³/mol. The smallest absolute Gasteiger partial charge is 0.0342 e. The zero-order valence-corrected chi connectivity index (χ0v) is 6.73. The van der Waals surface area contributed by atoms with Crippen molar-refractivity contribution in [3.8, 4) is 0 Å². The molecular weight excluding hydrogens is 148 g/mol. The van der Waals surface area contributed by atoms with Crippen LogP contribution >= 0.6 is 12.4 Å². The molecule has 58 valence electrons. The molecule has 0 radical (unpaired) electrons. The lowest BCUT2D eigenvalue weighted by Crippen LogP contribution is -2.28. The average molecular weight is 161 g/mol. The summed E-state index contributed by atoms with van der Waals surface area (Å²) < 4.78 is 0. The Labute approximate surface area is 67.5 Å². The SMILES string of the molecule is Cl.NN1CC2=CCCC2C1. The summed E-state index contributed by atoms with van der Waals surface area (Å²) in [5.74, 6) is 6.43. The summed E-state index contributed by atoms with van der Waals surface area (Å²) >= 11 is 0. The average Bonchev–Trinajstić information content (AvgIpc) is 2.22. The molecule has 1 unspecified atom stereocenters. The summed E-state index contributed by atoms with van der Waals surface area (Å²) in [6.07, 6.45) is 4.97. The normalized spacial score (nSPS) is 31.3. The fourth-order valence-corrected chi connectivity index (χ4v) is 1.81. The molecule has 1 heterocycles. The van der Waals surface area contributed by atoms with Crippen molar-refractivity contribution in [2.24, 2.45) is 11.8 Å². The number of fused-ring (bicyclic) bond motifs is 1. The summed E-state index contributed by atoms with van der Waals surface area (Å²) in [7, 11) is 0. The quantitative estimate of drug-likeness (QED) is 0.422. The van der Waals surface area contributed by atoms with E-state index in [1.165, 1.54) is 12.8 Å². The van der Waals surface area contributed by atoms with Gasteiger partial charge in [0.15, 0.2) is 0 Å². The van der Waals surface area contributed by atoms with Gasteiger partial charge in [-0.25, -0.2) is 5.01 Å². The van der Waals surface area contributed by atoms with Crippen molar-refractivity contribution in [3.63, 3.8) is 0 Å². The molecule has 10 heavy (non-hydrogen) atoms. The number of hydrogen-bond acceptors (Lipinski definition) is 2. The maximum absolute atomic E-state index is 5.62. The lowest BCUT2D eigenvalue weighted by molar-refractivity contribution is 0.334. The fourth-order valence-electron chi connectivity index (χ4n) is 1.81. The molecule has 1 fully saturated rings. The Morgan fingerprint density at radius 2 is 2.40 bits per heavy atom. The topological polar surface area (TPSA) is 29.3 Å². The maximum atomic E-state index is 5.62. The highest BCUT2D eigenvalue weighted by Gasteiger charge is 2.27. The summed E-state index contributed by atoms with van der Waals surface area (Å²) in [6, 6.07) is 0. The van der Waals surface area contributed by atoms with E-state index >= 15 is 0 Å². The van der Waals surface area contributed by atoms with Crippen molar-refractivity contribution >= 4 is 12.4 Å². The van der Waals surface area contributed by atoms with Crippen LogP contribution in [0.5, 0.6) is 0 Å². The first-order chi connectivity index (χ1) is 4.36. The molecule has 0 amide bonds. The number of hydrogen-bond donors (Lipinski definition) is 1. The Kier molecular flexibility index (Phi) is 2.34. The van der Waals surface area contributed by atoms with Gasteiger partial charge >= 0.3 is 0 Å². The largest absolute Gasteiger partial charge is 0.268 e. The summed E-state index contributed by atoms with van der Waals surface area (Å²) in [5.41, 5.74) is 1.58. The standard InChI is InChI=1S/C7H12N2.ClH/c8-9-4-6-2-1-3-7(6)5-9;/h2,7H,1,3-5,8H2;1H. The molecule has 0 bridgehead atoms. The van der Waals surface area contributed by atoms with Gasteiger partial charge in [-0.05, 0) is 18.8 Å². The first-order valence-electron chi connectivity index (χ1n) is 3.55. The fraction of sp³-hybridized carbons (Fsp3) is 0.714. The van der Waals surface area contributed by atoms with E-state index in [0.717, 1.165) is 19.0 Å². The third kappa shape index (κ3) is 1.19. The van der Waals surface area contributed by atoms with Gasteiger partial charge in [-0.1, -0.05) is 11.6 Å². The Bertz CT molecular complexity index is 156. The van der Waals surface area contributed by atoms with Crippen LogP contribution in [0.1, 0.15) is 12.8 Å². The van der Waals surface area contributed by atoms with Gasteiger partial charge in [0.05, 0.1) is 0 Å². The molecule has 0 aromatic carbocycles. The van der Waals surface area contributed by atoms with Gasteiger partial charge in [0.2, 0.25) is 0 Å². The molecule has 2 rings (SSSR count). The van der Waals surface area contributed by atoms with Gasteiger partial charge < -0.3 is 0 Å². The second kappa shape index (κ2) is 2.91. The minimum Gasteiger partial charge on any atom is -0.268 e. The zero-order chi connectivity index (χ0) is 6.27. The van der Waals surface area contributed by atoms with Crippen LogP contribution in [-0.2, 0) is 0 Å². The van der Waals surface area contributed by atoms with Gasteiger partial charge in [0.1, 0.15) is 0 Å². The van der Waals surface area contributed by atoms with Crippen LogP contribution in [0.2, 0.25) is 0 Å². The van der Waals surface area contributed by atoms with Crippen LogP contribution in [-0.4, -0.2) is 18.1 Å². The molecule has 0 saturated carbocycles. The molecule has 3 heteroatoms. The van der Waals surface area contributed by atoms with Crippen LogP contribution in [0.4, 0.5) is 0 Å². The minimum atomic E-state index is 0. The highest BCUT2D eigenvalue weighted by atomic mass is 35.5. The molecule has 0 aromatic heterocycles. The van der Waals surface area contributed by atoms with E-state index < -0.39 is 0 Å².